The summed E-state index contributed by atoms with van der Waals surface area (Å²) in [5.41, 5.74) is 2.05. The highest BCUT2D eigenvalue weighted by Gasteiger charge is 2.36. The molecule has 0 radical (unpaired) electrons. The highest BCUT2D eigenvalue weighted by atomic mass is 127. The Morgan fingerprint density at radius 2 is 1.89 bits per heavy atom. The summed E-state index contributed by atoms with van der Waals surface area (Å²) in [5, 5.41) is 2.78. The molecule has 1 heterocycles. The highest BCUT2D eigenvalue weighted by Crippen LogP contribution is 2.38. The molecule has 3 aromatic rings. The molecule has 0 aromatic heterocycles. The zero-order chi connectivity index (χ0) is 26.5. The Morgan fingerprint density at radius 1 is 1.16 bits per heavy atom. The second kappa shape index (κ2) is 12.3. The number of benzene rings is 3. The van der Waals surface area contributed by atoms with E-state index in [0.717, 1.165) is 30.3 Å². The molecule has 0 bridgehead atoms. The van der Waals surface area contributed by atoms with Gasteiger partial charge in [0.15, 0.2) is 11.5 Å². The van der Waals surface area contributed by atoms with E-state index in [1.807, 2.05) is 24.3 Å². The van der Waals surface area contributed by atoms with Gasteiger partial charge in [0.25, 0.3) is 11.1 Å². The molecule has 0 aliphatic carbocycles. The lowest BCUT2D eigenvalue weighted by Gasteiger charge is -2.14. The molecule has 1 aliphatic heterocycles. The van der Waals surface area contributed by atoms with E-state index < -0.39 is 17.1 Å². The molecular weight excluding hydrogens is 695 g/mol. The van der Waals surface area contributed by atoms with E-state index in [-0.39, 0.29) is 18.1 Å². The van der Waals surface area contributed by atoms with Crippen LogP contribution in [0.4, 0.5) is 10.5 Å². The van der Waals surface area contributed by atoms with Gasteiger partial charge in [-0.1, -0.05) is 45.7 Å². The molecule has 37 heavy (non-hydrogen) atoms. The predicted octanol–water partition coefficient (Wildman–Crippen LogP) is 6.97. The first-order valence-corrected chi connectivity index (χ1v) is 13.9. The van der Waals surface area contributed by atoms with Crippen LogP contribution < -0.4 is 14.8 Å². The molecule has 0 spiro atoms. The molecule has 11 heteroatoms. The van der Waals surface area contributed by atoms with Crippen LogP contribution in [0, 0.1) is 3.57 Å². The van der Waals surface area contributed by atoms with Crippen LogP contribution in [-0.4, -0.2) is 35.6 Å². The highest BCUT2D eigenvalue weighted by molar-refractivity contribution is 14.1. The van der Waals surface area contributed by atoms with Crippen molar-refractivity contribution in [2.24, 2.45) is 0 Å². The lowest BCUT2D eigenvalue weighted by atomic mass is 10.1. The van der Waals surface area contributed by atoms with Crippen molar-refractivity contribution in [3.8, 4) is 11.5 Å². The number of hydrogen-bond acceptors (Lipinski definition) is 6. The monoisotopic (exact) mass is 712 g/mol. The summed E-state index contributed by atoms with van der Waals surface area (Å²) in [7, 11) is 1.52. The summed E-state index contributed by atoms with van der Waals surface area (Å²) in [6, 6.07) is 17.9. The third-order valence-electron chi connectivity index (χ3n) is 5.18. The zero-order valence-electron chi connectivity index (χ0n) is 19.3. The average Bonchev–Trinajstić information content (AvgIpc) is 3.12. The maximum Gasteiger partial charge on any atom is 0.294 e. The van der Waals surface area contributed by atoms with Crippen LogP contribution in [0.25, 0.3) is 6.08 Å². The molecule has 1 fully saturated rings. The quantitative estimate of drug-likeness (QED) is 0.201. The fraction of sp³-hybridized carbons (Fsp3) is 0.115. The normalized spacial score (nSPS) is 14.3. The van der Waals surface area contributed by atoms with E-state index in [0.29, 0.717) is 27.8 Å². The molecular formula is C26H19BrClIN2O5S. The Bertz CT molecular complexity index is 1400. The van der Waals surface area contributed by atoms with Gasteiger partial charge in [-0.05, 0) is 88.5 Å². The number of imide groups is 1. The average molecular weight is 714 g/mol. The van der Waals surface area contributed by atoms with Crippen molar-refractivity contribution in [3.63, 3.8) is 0 Å². The lowest BCUT2D eigenvalue weighted by molar-refractivity contribution is -0.127. The minimum Gasteiger partial charge on any atom is -0.493 e. The molecule has 0 unspecified atom stereocenters. The van der Waals surface area contributed by atoms with E-state index in [1.165, 1.54) is 7.11 Å². The minimum atomic E-state index is -0.533. The Labute approximate surface area is 244 Å². The molecule has 3 aromatic carbocycles. The second-order valence-corrected chi connectivity index (χ2v) is 11.2. The number of carbonyl (C=O) groups excluding carboxylic acids is 3. The number of hydrogen-bond donors (Lipinski definition) is 1. The molecule has 7 nitrogen and oxygen atoms in total. The first-order chi connectivity index (χ1) is 17.7. The summed E-state index contributed by atoms with van der Waals surface area (Å²) in [5.74, 6) is 0.00674. The van der Waals surface area contributed by atoms with Crippen LogP contribution in [0.2, 0.25) is 5.02 Å². The number of amides is 3. The fourth-order valence-corrected chi connectivity index (χ4v) is 5.47. The van der Waals surface area contributed by atoms with Crippen LogP contribution in [0.1, 0.15) is 11.1 Å². The van der Waals surface area contributed by atoms with Gasteiger partial charge in [0.1, 0.15) is 13.2 Å². The molecule has 4 rings (SSSR count). The van der Waals surface area contributed by atoms with Crippen LogP contribution in [0.3, 0.4) is 0 Å². The van der Waals surface area contributed by atoms with E-state index in [1.54, 1.807) is 42.5 Å². The van der Waals surface area contributed by atoms with E-state index >= 15 is 0 Å². The molecule has 1 saturated heterocycles. The predicted molar refractivity (Wildman–Crippen MR) is 157 cm³/mol. The Morgan fingerprint density at radius 3 is 2.59 bits per heavy atom. The number of carbonyl (C=O) groups is 3. The van der Waals surface area contributed by atoms with Crippen LogP contribution >= 0.6 is 61.9 Å². The standard InChI is InChI=1S/C26H19BrClIN2O5S/c1-35-21-11-15(10-20(29)24(21)36-14-16-4-2-3-5-19(16)28)12-22-25(33)31(26(34)37-22)13-23(32)30-18-8-6-17(27)7-9-18/h2-12H,13-14H2,1H3,(H,30,32)/b22-12+. The smallest absolute Gasteiger partial charge is 0.294 e. The van der Waals surface area contributed by atoms with Crippen molar-refractivity contribution in [2.75, 3.05) is 19.0 Å². The molecule has 0 atom stereocenters. The van der Waals surface area contributed by atoms with E-state index in [4.69, 9.17) is 21.1 Å². The van der Waals surface area contributed by atoms with Gasteiger partial charge < -0.3 is 14.8 Å². The second-order valence-electron chi connectivity index (χ2n) is 7.74. The molecule has 0 saturated carbocycles. The van der Waals surface area contributed by atoms with Gasteiger partial charge in [0.2, 0.25) is 5.91 Å². The maximum atomic E-state index is 12.9. The Kier molecular flexibility index (Phi) is 9.17. The number of ether oxygens (including phenoxy) is 2. The fourth-order valence-electron chi connectivity index (χ4n) is 3.39. The van der Waals surface area contributed by atoms with Crippen LogP contribution in [0.15, 0.2) is 70.0 Å². The Hall–Kier alpha value is -2.54. The van der Waals surface area contributed by atoms with Crippen LogP contribution in [0.5, 0.6) is 11.5 Å². The number of halogens is 3. The van der Waals surface area contributed by atoms with Crippen molar-refractivity contribution in [3.05, 3.63) is 89.8 Å². The third kappa shape index (κ3) is 6.86. The van der Waals surface area contributed by atoms with Crippen molar-refractivity contribution in [1.29, 1.82) is 0 Å². The summed E-state index contributed by atoms with van der Waals surface area (Å²) in [4.78, 5) is 39.0. The molecule has 1 N–H and O–H groups in total. The van der Waals surface area contributed by atoms with Gasteiger partial charge in [-0.15, -0.1) is 0 Å². The van der Waals surface area contributed by atoms with Crippen molar-refractivity contribution < 1.29 is 23.9 Å². The summed E-state index contributed by atoms with van der Waals surface area (Å²) >= 11 is 12.5. The number of nitrogens with one attached hydrogen (secondary N) is 1. The number of rotatable bonds is 8. The molecule has 3 amide bonds. The third-order valence-corrected chi connectivity index (χ3v) is 7.79. The first-order valence-electron chi connectivity index (χ1n) is 10.8. The van der Waals surface area contributed by atoms with Crippen LogP contribution in [-0.2, 0) is 16.2 Å². The Balaban J connectivity index is 1.47. The van der Waals surface area contributed by atoms with Gasteiger partial charge in [-0.3, -0.25) is 19.3 Å². The molecule has 1 aliphatic rings. The zero-order valence-corrected chi connectivity index (χ0v) is 24.6. The minimum absolute atomic E-state index is 0.212. The van der Waals surface area contributed by atoms with Crippen molar-refractivity contribution in [2.45, 2.75) is 6.61 Å². The SMILES string of the molecule is COc1cc(/C=C2/SC(=O)N(CC(=O)Nc3ccc(Br)cc3)C2=O)cc(I)c1OCc1ccccc1Cl. The van der Waals surface area contributed by atoms with Crippen molar-refractivity contribution in [1.82, 2.24) is 4.90 Å². The maximum absolute atomic E-state index is 12.9. The topological polar surface area (TPSA) is 84.9 Å². The van der Waals surface area contributed by atoms with Gasteiger partial charge in [0.05, 0.1) is 15.6 Å². The lowest BCUT2D eigenvalue weighted by Crippen LogP contribution is -2.36. The van der Waals surface area contributed by atoms with E-state index in [9.17, 15) is 14.4 Å². The van der Waals surface area contributed by atoms with Gasteiger partial charge in [0, 0.05) is 20.7 Å². The number of thioether (sulfide) groups is 1. The summed E-state index contributed by atoms with van der Waals surface area (Å²) < 4.78 is 13.1. The van der Waals surface area contributed by atoms with Gasteiger partial charge >= 0.3 is 0 Å². The largest absolute Gasteiger partial charge is 0.493 e. The summed E-state index contributed by atoms with van der Waals surface area (Å²) in [6.07, 6.45) is 1.60. The number of anilines is 1. The number of nitrogens with zero attached hydrogens (tertiary/aromatic N) is 1. The summed E-state index contributed by atoms with van der Waals surface area (Å²) in [6.45, 7) is -0.125. The van der Waals surface area contributed by atoms with Gasteiger partial charge in [-0.2, -0.15) is 0 Å². The van der Waals surface area contributed by atoms with Crippen molar-refractivity contribution >= 4 is 90.7 Å². The first kappa shape index (κ1) is 27.5. The van der Waals surface area contributed by atoms with Gasteiger partial charge in [-0.25, -0.2) is 0 Å². The van der Waals surface area contributed by atoms with E-state index in [2.05, 4.69) is 43.8 Å². The number of methoxy groups -OCH3 is 1. The molecule has 190 valence electrons.